The smallest absolute Gasteiger partial charge is 0.339 e. The lowest BCUT2D eigenvalue weighted by Crippen LogP contribution is -2.15. The van der Waals surface area contributed by atoms with Crippen LogP contribution in [-0.2, 0) is 30.4 Å². The van der Waals surface area contributed by atoms with E-state index in [1.807, 2.05) is 0 Å². The summed E-state index contributed by atoms with van der Waals surface area (Å²) in [6.45, 7) is 3.42. The topological polar surface area (TPSA) is 161 Å². The molecule has 0 aromatic heterocycles. The lowest BCUT2D eigenvalue weighted by atomic mass is 10.2. The number of aryl methyl sites for hydroxylation is 2. The van der Waals surface area contributed by atoms with Crippen molar-refractivity contribution in [2.75, 3.05) is 0 Å². The normalized spacial score (nSPS) is 12.3. The molecule has 0 spiro atoms. The van der Waals surface area contributed by atoms with Gasteiger partial charge in [-0.2, -0.15) is 25.3 Å². The Morgan fingerprint density at radius 1 is 0.636 bits per heavy atom. The summed E-state index contributed by atoms with van der Waals surface area (Å²) in [6, 6.07) is 11.8. The first kappa shape index (κ1) is 24.5. The molecule has 0 aliphatic rings. The highest BCUT2D eigenvalue weighted by Crippen LogP contribution is 2.40. The Morgan fingerprint density at radius 3 is 1.27 bits per heavy atom. The molecule has 3 rings (SSSR count). The summed E-state index contributed by atoms with van der Waals surface area (Å²) >= 11 is 0. The average molecular weight is 515 g/mol. The Morgan fingerprint density at radius 2 is 0.970 bits per heavy atom. The molecule has 0 radical (unpaired) electrons. The third-order valence-corrected chi connectivity index (χ3v) is 7.70. The molecule has 0 aliphatic carbocycles. The van der Waals surface area contributed by atoms with E-state index >= 15 is 0 Å². The third kappa shape index (κ3) is 5.63. The molecule has 3 aromatic carbocycles. The van der Waals surface area contributed by atoms with Gasteiger partial charge in [0.15, 0.2) is 16.4 Å². The third-order valence-electron chi connectivity index (χ3n) is 4.28. The standard InChI is InChI=1S/C20H18O10S3/c1-13-3-7-16(8-4-13)32(25,26)29-18-11-15(21)12-19(20(18)31(22,23)24)30-33(27,28)17-9-5-14(2)6-10-17/h3-12,21H,1-2H3,(H,22,23,24). The molecular weight excluding hydrogens is 496 g/mol. The van der Waals surface area contributed by atoms with E-state index in [1.54, 1.807) is 13.8 Å². The van der Waals surface area contributed by atoms with Crippen LogP contribution >= 0.6 is 0 Å². The zero-order valence-corrected chi connectivity index (χ0v) is 19.6. The predicted molar refractivity (Wildman–Crippen MR) is 116 cm³/mol. The van der Waals surface area contributed by atoms with Crippen LogP contribution in [0.3, 0.4) is 0 Å². The van der Waals surface area contributed by atoms with Crippen LogP contribution in [0.4, 0.5) is 0 Å². The summed E-state index contributed by atoms with van der Waals surface area (Å²) in [6.07, 6.45) is 0. The number of hydrogen-bond acceptors (Lipinski definition) is 9. The van der Waals surface area contributed by atoms with Crippen molar-refractivity contribution >= 4 is 30.4 Å². The highest BCUT2D eigenvalue weighted by molar-refractivity contribution is 7.88. The maximum atomic E-state index is 12.6. The van der Waals surface area contributed by atoms with E-state index in [0.717, 1.165) is 11.1 Å². The van der Waals surface area contributed by atoms with Crippen LogP contribution < -0.4 is 8.37 Å². The van der Waals surface area contributed by atoms with Gasteiger partial charge in [0, 0.05) is 12.1 Å². The van der Waals surface area contributed by atoms with Crippen molar-refractivity contribution in [3.05, 3.63) is 71.8 Å². The lowest BCUT2D eigenvalue weighted by Gasteiger charge is -2.15. The SMILES string of the molecule is Cc1ccc(S(=O)(=O)Oc2cc(O)cc(OS(=O)(=O)c3ccc(C)cc3)c2S(=O)(=O)O)cc1. The molecule has 2 N–H and O–H groups in total. The van der Waals surface area contributed by atoms with Crippen LogP contribution in [0.15, 0.2) is 75.4 Å². The Balaban J connectivity index is 2.13. The Bertz CT molecular complexity index is 1410. The summed E-state index contributed by atoms with van der Waals surface area (Å²) in [5.74, 6) is -2.91. The van der Waals surface area contributed by atoms with Crippen LogP contribution in [0.2, 0.25) is 0 Å². The van der Waals surface area contributed by atoms with Crippen LogP contribution in [0, 0.1) is 13.8 Å². The number of benzene rings is 3. The van der Waals surface area contributed by atoms with Crippen molar-refractivity contribution in [1.82, 2.24) is 0 Å². The average Bonchev–Trinajstić information content (AvgIpc) is 2.66. The van der Waals surface area contributed by atoms with Crippen LogP contribution in [0.5, 0.6) is 17.2 Å². The first-order chi connectivity index (χ1) is 15.2. The van der Waals surface area contributed by atoms with Crippen molar-refractivity contribution in [1.29, 1.82) is 0 Å². The number of phenolic OH excluding ortho intramolecular Hbond substituents is 1. The fourth-order valence-electron chi connectivity index (χ4n) is 2.68. The molecule has 33 heavy (non-hydrogen) atoms. The van der Waals surface area contributed by atoms with E-state index in [1.165, 1.54) is 48.5 Å². The predicted octanol–water partition coefficient (Wildman–Crippen LogP) is 2.79. The molecule has 0 saturated carbocycles. The fraction of sp³-hybridized carbons (Fsp3) is 0.100. The van der Waals surface area contributed by atoms with Gasteiger partial charge in [0.2, 0.25) is 0 Å². The summed E-state index contributed by atoms with van der Waals surface area (Å²) in [5.41, 5.74) is 1.48. The molecule has 13 heteroatoms. The number of aromatic hydroxyl groups is 1. The zero-order chi connectivity index (χ0) is 24.6. The number of phenols is 1. The second-order valence-corrected chi connectivity index (χ2v) is 11.4. The minimum absolute atomic E-state index is 0.354. The van der Waals surface area contributed by atoms with E-state index in [4.69, 9.17) is 8.37 Å². The monoisotopic (exact) mass is 514 g/mol. The summed E-state index contributed by atoms with van der Waals surface area (Å²) in [4.78, 5) is -2.01. The summed E-state index contributed by atoms with van der Waals surface area (Å²) in [5, 5.41) is 9.97. The van der Waals surface area contributed by atoms with Gasteiger partial charge in [-0.3, -0.25) is 4.55 Å². The Labute approximate surface area is 191 Å². The molecule has 0 amide bonds. The quantitative estimate of drug-likeness (QED) is 0.354. The van der Waals surface area contributed by atoms with Crippen molar-refractivity contribution in [2.45, 2.75) is 28.5 Å². The molecule has 0 heterocycles. The molecule has 0 aliphatic heterocycles. The maximum absolute atomic E-state index is 12.6. The number of rotatable bonds is 7. The van der Waals surface area contributed by atoms with E-state index in [-0.39, 0.29) is 9.79 Å². The van der Waals surface area contributed by atoms with Gasteiger partial charge in [-0.25, -0.2) is 0 Å². The van der Waals surface area contributed by atoms with Crippen molar-refractivity contribution < 1.29 is 43.3 Å². The van der Waals surface area contributed by atoms with Gasteiger partial charge in [-0.05, 0) is 38.1 Å². The van der Waals surface area contributed by atoms with Gasteiger partial charge in [0.25, 0.3) is 0 Å². The minimum atomic E-state index is -5.29. The van der Waals surface area contributed by atoms with Crippen LogP contribution in [0.1, 0.15) is 11.1 Å². The van der Waals surface area contributed by atoms with Gasteiger partial charge in [-0.15, -0.1) is 0 Å². The molecule has 0 unspecified atom stereocenters. The molecule has 176 valence electrons. The molecule has 3 aromatic rings. The second-order valence-electron chi connectivity index (χ2n) is 6.95. The highest BCUT2D eigenvalue weighted by Gasteiger charge is 2.31. The largest absolute Gasteiger partial charge is 0.508 e. The molecule has 10 nitrogen and oxygen atoms in total. The summed E-state index contributed by atoms with van der Waals surface area (Å²) in [7, 11) is -14.6. The fourth-order valence-corrected chi connectivity index (χ4v) is 5.37. The number of hydrogen-bond donors (Lipinski definition) is 2. The van der Waals surface area contributed by atoms with Crippen molar-refractivity contribution in [3.8, 4) is 17.2 Å². The van der Waals surface area contributed by atoms with Gasteiger partial charge in [0.05, 0.1) is 0 Å². The minimum Gasteiger partial charge on any atom is -0.508 e. The second kappa shape index (κ2) is 8.67. The first-order valence-corrected chi connectivity index (χ1v) is 13.3. The van der Waals surface area contributed by atoms with Crippen molar-refractivity contribution in [2.24, 2.45) is 0 Å². The molecule has 0 fully saturated rings. The van der Waals surface area contributed by atoms with E-state index in [0.29, 0.717) is 12.1 Å². The van der Waals surface area contributed by atoms with Gasteiger partial charge >= 0.3 is 30.4 Å². The van der Waals surface area contributed by atoms with Crippen LogP contribution in [-0.4, -0.2) is 34.9 Å². The van der Waals surface area contributed by atoms with Gasteiger partial charge in [0.1, 0.15) is 15.5 Å². The zero-order valence-electron chi connectivity index (χ0n) is 17.2. The van der Waals surface area contributed by atoms with Gasteiger partial charge < -0.3 is 13.5 Å². The Kier molecular flexibility index (Phi) is 6.44. The molecule has 0 saturated heterocycles. The lowest BCUT2D eigenvalue weighted by molar-refractivity contribution is 0.433. The van der Waals surface area contributed by atoms with E-state index < -0.39 is 52.5 Å². The van der Waals surface area contributed by atoms with E-state index in [9.17, 15) is 34.9 Å². The highest BCUT2D eigenvalue weighted by atomic mass is 32.2. The van der Waals surface area contributed by atoms with Gasteiger partial charge in [-0.1, -0.05) is 35.4 Å². The van der Waals surface area contributed by atoms with Crippen LogP contribution in [0.25, 0.3) is 0 Å². The van der Waals surface area contributed by atoms with Crippen molar-refractivity contribution in [3.63, 3.8) is 0 Å². The van der Waals surface area contributed by atoms with E-state index in [2.05, 4.69) is 0 Å². The first-order valence-electron chi connectivity index (χ1n) is 9.06. The molecular formula is C20H18O10S3. The Hall–Kier alpha value is -3.13. The molecule has 0 atom stereocenters. The molecule has 0 bridgehead atoms. The summed E-state index contributed by atoms with van der Waals surface area (Å²) < 4.78 is 93.9. The maximum Gasteiger partial charge on any atom is 0.339 e.